The van der Waals surface area contributed by atoms with Gasteiger partial charge in [-0.1, -0.05) is 23.7 Å². The highest BCUT2D eigenvalue weighted by Crippen LogP contribution is 2.42. The number of piperazine rings is 1. The molecular formula is C20H16ClF3N2O3. The van der Waals surface area contributed by atoms with Gasteiger partial charge in [-0.25, -0.2) is 0 Å². The molecule has 0 spiro atoms. The summed E-state index contributed by atoms with van der Waals surface area (Å²) < 4.78 is 45.2. The van der Waals surface area contributed by atoms with Gasteiger partial charge in [-0.2, -0.15) is 13.2 Å². The molecule has 2 atom stereocenters. The van der Waals surface area contributed by atoms with Crippen LogP contribution in [-0.4, -0.2) is 42.5 Å². The van der Waals surface area contributed by atoms with E-state index in [0.29, 0.717) is 22.9 Å². The van der Waals surface area contributed by atoms with Gasteiger partial charge in [0.1, 0.15) is 11.8 Å². The van der Waals surface area contributed by atoms with Crippen molar-refractivity contribution in [1.82, 2.24) is 4.90 Å². The molecule has 0 aromatic heterocycles. The van der Waals surface area contributed by atoms with Crippen LogP contribution in [0.4, 0.5) is 18.9 Å². The molecule has 9 heteroatoms. The molecule has 4 rings (SSSR count). The third-order valence-corrected chi connectivity index (χ3v) is 5.53. The monoisotopic (exact) mass is 424 g/mol. The number of likely N-dealkylation sites (tertiary alicyclic amines) is 1. The van der Waals surface area contributed by atoms with Crippen LogP contribution < -0.4 is 9.64 Å². The Hall–Kier alpha value is -2.74. The van der Waals surface area contributed by atoms with Crippen LogP contribution in [0.3, 0.4) is 0 Å². The predicted molar refractivity (Wildman–Crippen MR) is 100 cm³/mol. The lowest BCUT2D eigenvalue weighted by molar-refractivity contribution is -0.138. The van der Waals surface area contributed by atoms with Gasteiger partial charge >= 0.3 is 6.18 Å². The molecule has 0 aliphatic carbocycles. The second-order valence-electron chi connectivity index (χ2n) is 6.93. The van der Waals surface area contributed by atoms with E-state index in [2.05, 4.69) is 0 Å². The largest absolute Gasteiger partial charge is 0.495 e. The maximum absolute atomic E-state index is 13.3. The quantitative estimate of drug-likeness (QED) is 0.748. The van der Waals surface area contributed by atoms with Gasteiger partial charge in [-0.05, 0) is 36.8 Å². The summed E-state index contributed by atoms with van der Waals surface area (Å²) in [6.07, 6.45) is -4.32. The van der Waals surface area contributed by atoms with E-state index in [1.54, 1.807) is 18.2 Å². The number of benzene rings is 2. The number of halogens is 4. The van der Waals surface area contributed by atoms with E-state index in [4.69, 9.17) is 16.3 Å². The first kappa shape index (κ1) is 19.6. The number of carbonyl (C=O) groups excluding carboxylic acids is 2. The van der Waals surface area contributed by atoms with Crippen molar-refractivity contribution in [2.45, 2.75) is 24.7 Å². The number of methoxy groups -OCH3 is 1. The SMILES string of the molecule is COc1ccc(Cl)cc1N1C(=O)[C@@H]2C[C@H]1CN2C(=O)c1ccccc1C(F)(F)F. The van der Waals surface area contributed by atoms with Gasteiger partial charge in [0.15, 0.2) is 0 Å². The molecule has 152 valence electrons. The fraction of sp³-hybridized carbons (Fsp3) is 0.300. The Kier molecular flexibility index (Phi) is 4.69. The molecule has 2 aliphatic rings. The van der Waals surface area contributed by atoms with Crippen molar-refractivity contribution < 1.29 is 27.5 Å². The lowest BCUT2D eigenvalue weighted by atomic mass is 10.1. The average Bonchev–Trinajstić information content (AvgIpc) is 3.25. The molecule has 2 aromatic carbocycles. The van der Waals surface area contributed by atoms with E-state index in [1.165, 1.54) is 29.0 Å². The lowest BCUT2D eigenvalue weighted by Crippen LogP contribution is -2.52. The molecule has 2 aromatic rings. The van der Waals surface area contributed by atoms with Gasteiger partial charge in [0.05, 0.1) is 30.0 Å². The number of nitrogens with zero attached hydrogens (tertiary/aromatic N) is 2. The topological polar surface area (TPSA) is 49.9 Å². The van der Waals surface area contributed by atoms with Gasteiger partial charge < -0.3 is 14.5 Å². The highest BCUT2D eigenvalue weighted by Gasteiger charge is 2.53. The standard InChI is InChI=1S/C20H16ClF3N2O3/c1-29-17-7-6-11(21)8-15(17)26-12-9-16(19(26)28)25(10-12)18(27)13-4-2-3-5-14(13)20(22,23)24/h2-8,12,16H,9-10H2,1H3/t12-,16-/m0/s1. The van der Waals surface area contributed by atoms with E-state index >= 15 is 0 Å². The van der Waals surface area contributed by atoms with E-state index in [9.17, 15) is 22.8 Å². The minimum atomic E-state index is -4.66. The van der Waals surface area contributed by atoms with Gasteiger partial charge in [-0.15, -0.1) is 0 Å². The molecule has 0 unspecified atom stereocenters. The maximum Gasteiger partial charge on any atom is 0.417 e. The molecule has 5 nitrogen and oxygen atoms in total. The number of ether oxygens (including phenoxy) is 1. The number of rotatable bonds is 3. The van der Waals surface area contributed by atoms with Gasteiger partial charge in [0, 0.05) is 11.6 Å². The molecule has 2 heterocycles. The fourth-order valence-corrected chi connectivity index (χ4v) is 4.20. The third kappa shape index (κ3) is 3.21. The molecule has 2 amide bonds. The summed E-state index contributed by atoms with van der Waals surface area (Å²) in [5, 5.41) is 0.420. The zero-order valence-electron chi connectivity index (χ0n) is 15.2. The van der Waals surface area contributed by atoms with Crippen molar-refractivity contribution in [3.8, 4) is 5.75 Å². The molecule has 2 saturated heterocycles. The summed E-state index contributed by atoms with van der Waals surface area (Å²) in [6, 6.07) is 8.30. The minimum absolute atomic E-state index is 0.136. The Morgan fingerprint density at radius 1 is 1.21 bits per heavy atom. The van der Waals surface area contributed by atoms with Crippen molar-refractivity contribution in [2.75, 3.05) is 18.6 Å². The number of amides is 2. The summed E-state index contributed by atoms with van der Waals surface area (Å²) in [7, 11) is 1.47. The summed E-state index contributed by atoms with van der Waals surface area (Å²) >= 11 is 6.06. The van der Waals surface area contributed by atoms with Gasteiger partial charge in [0.25, 0.3) is 5.91 Å². The zero-order valence-corrected chi connectivity index (χ0v) is 16.0. The lowest BCUT2D eigenvalue weighted by Gasteiger charge is -2.34. The minimum Gasteiger partial charge on any atom is -0.495 e. The zero-order chi connectivity index (χ0) is 20.9. The summed E-state index contributed by atoms with van der Waals surface area (Å²) in [5.74, 6) is -0.702. The van der Waals surface area contributed by atoms with Crippen LogP contribution in [0.25, 0.3) is 0 Å². The van der Waals surface area contributed by atoms with Crippen molar-refractivity contribution in [3.63, 3.8) is 0 Å². The van der Waals surface area contributed by atoms with Gasteiger partial charge in [-0.3, -0.25) is 9.59 Å². The highest BCUT2D eigenvalue weighted by atomic mass is 35.5. The fourth-order valence-electron chi connectivity index (χ4n) is 4.04. The molecule has 0 N–H and O–H groups in total. The van der Waals surface area contributed by atoms with Crippen LogP contribution in [-0.2, 0) is 11.0 Å². The predicted octanol–water partition coefficient (Wildman–Crippen LogP) is 4.00. The Morgan fingerprint density at radius 2 is 1.93 bits per heavy atom. The second-order valence-corrected chi connectivity index (χ2v) is 7.37. The molecule has 0 radical (unpaired) electrons. The second kappa shape index (κ2) is 6.95. The smallest absolute Gasteiger partial charge is 0.417 e. The summed E-state index contributed by atoms with van der Waals surface area (Å²) in [5.41, 5.74) is -0.971. The molecule has 29 heavy (non-hydrogen) atoms. The number of fused-ring (bicyclic) bond motifs is 2. The van der Waals surface area contributed by atoms with Crippen LogP contribution >= 0.6 is 11.6 Å². The number of anilines is 1. The summed E-state index contributed by atoms with van der Waals surface area (Å²) in [6.45, 7) is 0.136. The van der Waals surface area contributed by atoms with E-state index in [0.717, 1.165) is 12.1 Å². The number of alkyl halides is 3. The first-order valence-electron chi connectivity index (χ1n) is 8.86. The Balaban J connectivity index is 1.64. The van der Waals surface area contributed by atoms with Crippen molar-refractivity contribution in [2.24, 2.45) is 0 Å². The summed E-state index contributed by atoms with van der Waals surface area (Å²) in [4.78, 5) is 28.6. The molecule has 2 aliphatic heterocycles. The number of carbonyl (C=O) groups is 2. The molecule has 2 bridgehead atoms. The first-order chi connectivity index (χ1) is 13.7. The number of hydrogen-bond acceptors (Lipinski definition) is 3. The van der Waals surface area contributed by atoms with Crippen LogP contribution in [0, 0.1) is 0 Å². The van der Waals surface area contributed by atoms with Crippen LogP contribution in [0.1, 0.15) is 22.3 Å². The van der Waals surface area contributed by atoms with Crippen molar-refractivity contribution in [1.29, 1.82) is 0 Å². The Labute approximate surface area is 169 Å². The van der Waals surface area contributed by atoms with Crippen LogP contribution in [0.15, 0.2) is 42.5 Å². The first-order valence-corrected chi connectivity index (χ1v) is 9.24. The normalized spacial score (nSPS) is 21.1. The molecular weight excluding hydrogens is 409 g/mol. The van der Waals surface area contributed by atoms with Gasteiger partial charge in [0.2, 0.25) is 5.91 Å². The van der Waals surface area contributed by atoms with E-state index < -0.39 is 29.3 Å². The van der Waals surface area contributed by atoms with Crippen molar-refractivity contribution >= 4 is 29.1 Å². The van der Waals surface area contributed by atoms with Crippen molar-refractivity contribution in [3.05, 3.63) is 58.6 Å². The van der Waals surface area contributed by atoms with E-state index in [-0.39, 0.29) is 18.5 Å². The highest BCUT2D eigenvalue weighted by molar-refractivity contribution is 6.31. The Morgan fingerprint density at radius 3 is 2.59 bits per heavy atom. The van der Waals surface area contributed by atoms with E-state index in [1.807, 2.05) is 0 Å². The maximum atomic E-state index is 13.3. The third-order valence-electron chi connectivity index (χ3n) is 5.29. The number of hydrogen-bond donors (Lipinski definition) is 0. The molecule has 2 fully saturated rings. The van der Waals surface area contributed by atoms with Crippen LogP contribution in [0.2, 0.25) is 5.02 Å². The molecule has 0 saturated carbocycles. The average molecular weight is 425 g/mol. The Bertz CT molecular complexity index is 995. The van der Waals surface area contributed by atoms with Crippen LogP contribution in [0.5, 0.6) is 5.75 Å².